The van der Waals surface area contributed by atoms with Crippen molar-refractivity contribution in [3.05, 3.63) is 89.0 Å². The van der Waals surface area contributed by atoms with Crippen LogP contribution in [0, 0.1) is 25.2 Å². The molecule has 6 heteroatoms. The molecule has 0 bridgehead atoms. The number of hydrogen-bond donors (Lipinski definition) is 1. The Labute approximate surface area is 179 Å². The number of amides is 1. The number of aryl methyl sites for hydroxylation is 2. The number of carbonyl (C=O) groups excluding carboxylic acids is 2. The molecular formula is C24H20N2O3S. The van der Waals surface area contributed by atoms with Crippen molar-refractivity contribution in [1.82, 2.24) is 0 Å². The normalized spacial score (nSPS) is 10.2. The lowest BCUT2D eigenvalue weighted by molar-refractivity contribution is -0.119. The first-order valence-electron chi connectivity index (χ1n) is 9.29. The number of nitriles is 1. The summed E-state index contributed by atoms with van der Waals surface area (Å²) in [6, 6.07) is 22.0. The molecule has 0 atom stereocenters. The van der Waals surface area contributed by atoms with E-state index in [1.807, 2.05) is 50.2 Å². The van der Waals surface area contributed by atoms with Gasteiger partial charge in [-0.1, -0.05) is 54.2 Å². The van der Waals surface area contributed by atoms with E-state index in [0.29, 0.717) is 16.0 Å². The van der Waals surface area contributed by atoms with Crippen molar-refractivity contribution >= 4 is 29.3 Å². The fraction of sp³-hybridized carbons (Fsp3) is 0.125. The highest BCUT2D eigenvalue weighted by Crippen LogP contribution is 2.32. The fourth-order valence-corrected chi connectivity index (χ4v) is 3.90. The Morgan fingerprint density at radius 3 is 2.27 bits per heavy atom. The second-order valence-electron chi connectivity index (χ2n) is 6.60. The Balaban J connectivity index is 1.69. The molecule has 0 spiro atoms. The zero-order valence-electron chi connectivity index (χ0n) is 16.6. The Hall–Kier alpha value is -3.56. The van der Waals surface area contributed by atoms with Gasteiger partial charge in [-0.05, 0) is 49.2 Å². The van der Waals surface area contributed by atoms with Crippen LogP contribution in [0.5, 0.6) is 0 Å². The van der Waals surface area contributed by atoms with Crippen molar-refractivity contribution in [3.8, 4) is 6.07 Å². The highest BCUT2D eigenvalue weighted by Gasteiger charge is 2.16. The van der Waals surface area contributed by atoms with E-state index < -0.39 is 11.9 Å². The third-order valence-electron chi connectivity index (χ3n) is 4.41. The summed E-state index contributed by atoms with van der Waals surface area (Å²) >= 11 is 1.31. The average molecular weight is 417 g/mol. The predicted molar refractivity (Wildman–Crippen MR) is 117 cm³/mol. The molecule has 3 rings (SSSR count). The van der Waals surface area contributed by atoms with Gasteiger partial charge in [0.1, 0.15) is 6.07 Å². The Morgan fingerprint density at radius 1 is 0.933 bits per heavy atom. The number of esters is 1. The van der Waals surface area contributed by atoms with Crippen LogP contribution in [0.2, 0.25) is 0 Å². The molecule has 150 valence electrons. The zero-order chi connectivity index (χ0) is 21.5. The highest BCUT2D eigenvalue weighted by atomic mass is 32.2. The van der Waals surface area contributed by atoms with Crippen LogP contribution in [0.25, 0.3) is 0 Å². The summed E-state index contributed by atoms with van der Waals surface area (Å²) < 4.78 is 5.25. The van der Waals surface area contributed by atoms with Gasteiger partial charge in [-0.25, -0.2) is 4.79 Å². The van der Waals surface area contributed by atoms with Crippen molar-refractivity contribution in [2.24, 2.45) is 0 Å². The second-order valence-corrected chi connectivity index (χ2v) is 7.68. The SMILES string of the molecule is Cc1cccc(C)c1NC(=O)COC(=O)c1ccccc1Sc1ccccc1C#N. The minimum Gasteiger partial charge on any atom is -0.452 e. The van der Waals surface area contributed by atoms with Crippen molar-refractivity contribution in [2.45, 2.75) is 23.6 Å². The number of nitrogens with one attached hydrogen (secondary N) is 1. The first-order chi connectivity index (χ1) is 14.5. The van der Waals surface area contributed by atoms with Crippen LogP contribution >= 0.6 is 11.8 Å². The van der Waals surface area contributed by atoms with Gasteiger partial charge in [-0.2, -0.15) is 5.26 Å². The van der Waals surface area contributed by atoms with Crippen molar-refractivity contribution in [3.63, 3.8) is 0 Å². The molecule has 1 N–H and O–H groups in total. The quantitative estimate of drug-likeness (QED) is 0.564. The molecule has 0 fully saturated rings. The smallest absolute Gasteiger partial charge is 0.339 e. The molecule has 0 aliphatic carbocycles. The van der Waals surface area contributed by atoms with Crippen LogP contribution in [-0.4, -0.2) is 18.5 Å². The van der Waals surface area contributed by atoms with Gasteiger partial charge >= 0.3 is 5.97 Å². The predicted octanol–water partition coefficient (Wildman–Crippen LogP) is 5.12. The lowest BCUT2D eigenvalue weighted by Crippen LogP contribution is -2.22. The molecule has 5 nitrogen and oxygen atoms in total. The minimum absolute atomic E-state index is 0.343. The van der Waals surface area contributed by atoms with Gasteiger partial charge in [0.2, 0.25) is 0 Å². The van der Waals surface area contributed by atoms with Crippen molar-refractivity contribution in [1.29, 1.82) is 5.26 Å². The minimum atomic E-state index is -0.593. The van der Waals surface area contributed by atoms with E-state index in [1.165, 1.54) is 11.8 Å². The van der Waals surface area contributed by atoms with E-state index in [4.69, 9.17) is 4.74 Å². The molecule has 0 aromatic heterocycles. The monoisotopic (exact) mass is 416 g/mol. The van der Waals surface area contributed by atoms with Crippen LogP contribution in [-0.2, 0) is 9.53 Å². The second kappa shape index (κ2) is 9.77. The largest absolute Gasteiger partial charge is 0.452 e. The summed E-state index contributed by atoms with van der Waals surface area (Å²) in [4.78, 5) is 26.3. The van der Waals surface area contributed by atoms with Gasteiger partial charge in [-0.15, -0.1) is 0 Å². The van der Waals surface area contributed by atoms with Crippen LogP contribution in [0.3, 0.4) is 0 Å². The highest BCUT2D eigenvalue weighted by molar-refractivity contribution is 7.99. The van der Waals surface area contributed by atoms with E-state index in [2.05, 4.69) is 11.4 Å². The number of hydrogen-bond acceptors (Lipinski definition) is 5. The van der Waals surface area contributed by atoms with E-state index in [0.717, 1.165) is 21.7 Å². The van der Waals surface area contributed by atoms with Gasteiger partial charge < -0.3 is 10.1 Å². The summed E-state index contributed by atoms with van der Waals surface area (Å²) in [7, 11) is 0. The maximum atomic E-state index is 12.6. The van der Waals surface area contributed by atoms with Gasteiger partial charge in [0.15, 0.2) is 6.61 Å². The van der Waals surface area contributed by atoms with Crippen LogP contribution < -0.4 is 5.32 Å². The van der Waals surface area contributed by atoms with Crippen LogP contribution in [0.4, 0.5) is 5.69 Å². The Morgan fingerprint density at radius 2 is 1.57 bits per heavy atom. The van der Waals surface area contributed by atoms with Crippen LogP contribution in [0.1, 0.15) is 27.0 Å². The zero-order valence-corrected chi connectivity index (χ0v) is 17.5. The number of ether oxygens (including phenoxy) is 1. The van der Waals surface area contributed by atoms with Crippen molar-refractivity contribution in [2.75, 3.05) is 11.9 Å². The number of carbonyl (C=O) groups is 2. The first kappa shape index (κ1) is 21.2. The average Bonchev–Trinajstić information content (AvgIpc) is 2.75. The number of anilines is 1. The summed E-state index contributed by atoms with van der Waals surface area (Å²) in [5, 5.41) is 12.1. The third kappa shape index (κ3) is 5.07. The third-order valence-corrected chi connectivity index (χ3v) is 5.57. The molecule has 0 saturated carbocycles. The van der Waals surface area contributed by atoms with Crippen LogP contribution in [0.15, 0.2) is 76.5 Å². The molecule has 0 heterocycles. The maximum absolute atomic E-state index is 12.6. The summed E-state index contributed by atoms with van der Waals surface area (Å²) in [6.07, 6.45) is 0. The number of benzene rings is 3. The first-order valence-corrected chi connectivity index (χ1v) is 10.1. The van der Waals surface area contributed by atoms with Gasteiger partial charge in [0.05, 0.1) is 11.1 Å². The van der Waals surface area contributed by atoms with E-state index in [-0.39, 0.29) is 6.61 Å². The topological polar surface area (TPSA) is 79.2 Å². The van der Waals surface area contributed by atoms with Gasteiger partial charge in [0, 0.05) is 15.5 Å². The van der Waals surface area contributed by atoms with Crippen molar-refractivity contribution < 1.29 is 14.3 Å². The number of rotatable bonds is 6. The molecule has 0 saturated heterocycles. The maximum Gasteiger partial charge on any atom is 0.339 e. The van der Waals surface area contributed by atoms with E-state index in [1.54, 1.807) is 30.3 Å². The summed E-state index contributed by atoms with van der Waals surface area (Å²) in [5.74, 6) is -0.995. The molecule has 0 unspecified atom stereocenters. The van der Waals surface area contributed by atoms with Gasteiger partial charge in [0.25, 0.3) is 5.91 Å². The number of para-hydroxylation sites is 1. The van der Waals surface area contributed by atoms with E-state index >= 15 is 0 Å². The lowest BCUT2D eigenvalue weighted by atomic mass is 10.1. The molecule has 3 aromatic carbocycles. The fourth-order valence-electron chi connectivity index (χ4n) is 2.89. The lowest BCUT2D eigenvalue weighted by Gasteiger charge is -2.12. The van der Waals surface area contributed by atoms with Gasteiger partial charge in [-0.3, -0.25) is 4.79 Å². The number of nitrogens with zero attached hydrogens (tertiary/aromatic N) is 1. The van der Waals surface area contributed by atoms with E-state index in [9.17, 15) is 14.9 Å². The summed E-state index contributed by atoms with van der Waals surface area (Å²) in [5.41, 5.74) is 3.47. The Kier molecular flexibility index (Phi) is 6.89. The molecule has 0 aliphatic heterocycles. The molecule has 30 heavy (non-hydrogen) atoms. The molecule has 0 radical (unpaired) electrons. The Bertz CT molecular complexity index is 1120. The molecule has 1 amide bonds. The molecular weight excluding hydrogens is 396 g/mol. The molecule has 3 aromatic rings. The summed E-state index contributed by atoms with van der Waals surface area (Å²) in [6.45, 7) is 3.42. The molecule has 0 aliphatic rings. The standard InChI is InChI=1S/C24H20N2O3S/c1-16-8-7-9-17(2)23(16)26-22(27)15-29-24(28)19-11-4-6-13-21(19)30-20-12-5-3-10-18(20)14-25/h3-13H,15H2,1-2H3,(H,26,27).